The van der Waals surface area contributed by atoms with E-state index in [1.54, 1.807) is 0 Å². The fourth-order valence-corrected chi connectivity index (χ4v) is 1.88. The summed E-state index contributed by atoms with van der Waals surface area (Å²) in [5.41, 5.74) is 1.78. The van der Waals surface area contributed by atoms with Gasteiger partial charge in [-0.05, 0) is 39.1 Å². The minimum absolute atomic E-state index is 0.130. The number of hydrogen-bond acceptors (Lipinski definition) is 3. The van der Waals surface area contributed by atoms with Crippen molar-refractivity contribution in [2.75, 3.05) is 26.2 Å². The van der Waals surface area contributed by atoms with Crippen LogP contribution in [0.4, 0.5) is 0 Å². The second-order valence-corrected chi connectivity index (χ2v) is 4.32. The summed E-state index contributed by atoms with van der Waals surface area (Å²) in [6.45, 7) is 10.9. The van der Waals surface area contributed by atoms with Gasteiger partial charge in [0.2, 0.25) is 0 Å². The first-order valence-electron chi connectivity index (χ1n) is 6.61. The topological polar surface area (TPSA) is 29.5 Å². The van der Waals surface area contributed by atoms with Gasteiger partial charge in [-0.25, -0.2) is 0 Å². The van der Waals surface area contributed by atoms with E-state index in [9.17, 15) is 4.79 Å². The van der Waals surface area contributed by atoms with Crippen molar-refractivity contribution in [1.29, 1.82) is 0 Å². The Morgan fingerprint density at radius 1 is 1.22 bits per heavy atom. The number of likely N-dealkylation sites (N-methyl/N-ethyl adjacent to an activating group) is 1. The predicted octanol–water partition coefficient (Wildman–Crippen LogP) is 2.92. The maximum absolute atomic E-state index is 12.3. The van der Waals surface area contributed by atoms with Crippen molar-refractivity contribution in [3.05, 3.63) is 29.3 Å². The molecule has 0 spiro atoms. The van der Waals surface area contributed by atoms with Gasteiger partial charge in [-0.2, -0.15) is 0 Å². The highest BCUT2D eigenvalue weighted by Crippen LogP contribution is 2.21. The number of ketones is 1. The molecular weight excluding hydrogens is 226 g/mol. The number of carbonyl (C=O) groups excluding carboxylic acids is 1. The van der Waals surface area contributed by atoms with Gasteiger partial charge in [0.15, 0.2) is 5.78 Å². The van der Waals surface area contributed by atoms with E-state index < -0.39 is 0 Å². The molecule has 0 saturated carbocycles. The minimum atomic E-state index is 0.130. The standard InChI is InChI=1S/C15H23NO2/c1-5-16(6-2)11-14(17)13-10-12(4)8-9-15(13)18-7-3/h8-10H,5-7,11H2,1-4H3. The smallest absolute Gasteiger partial charge is 0.180 e. The number of carbonyl (C=O) groups is 1. The average molecular weight is 249 g/mol. The Balaban J connectivity index is 2.92. The van der Waals surface area contributed by atoms with E-state index in [0.717, 1.165) is 18.7 Å². The number of nitrogens with zero attached hydrogens (tertiary/aromatic N) is 1. The van der Waals surface area contributed by atoms with Crippen LogP contribution >= 0.6 is 0 Å². The first-order valence-corrected chi connectivity index (χ1v) is 6.61. The van der Waals surface area contributed by atoms with Gasteiger partial charge < -0.3 is 4.74 Å². The van der Waals surface area contributed by atoms with Crippen molar-refractivity contribution in [3.8, 4) is 5.75 Å². The van der Waals surface area contributed by atoms with E-state index in [1.165, 1.54) is 0 Å². The number of hydrogen-bond donors (Lipinski definition) is 0. The zero-order valence-electron chi connectivity index (χ0n) is 11.8. The van der Waals surface area contributed by atoms with E-state index in [4.69, 9.17) is 4.74 Å². The maximum Gasteiger partial charge on any atom is 0.180 e. The van der Waals surface area contributed by atoms with Crippen molar-refractivity contribution in [3.63, 3.8) is 0 Å². The molecule has 0 N–H and O–H groups in total. The maximum atomic E-state index is 12.3. The van der Waals surface area contributed by atoms with E-state index >= 15 is 0 Å². The lowest BCUT2D eigenvalue weighted by Gasteiger charge is -2.18. The number of aryl methyl sites for hydroxylation is 1. The fraction of sp³-hybridized carbons (Fsp3) is 0.533. The lowest BCUT2D eigenvalue weighted by molar-refractivity contribution is 0.0933. The van der Waals surface area contributed by atoms with Crippen molar-refractivity contribution in [2.45, 2.75) is 27.7 Å². The summed E-state index contributed by atoms with van der Waals surface area (Å²) in [4.78, 5) is 14.4. The average Bonchev–Trinajstić information content (AvgIpc) is 2.38. The Bertz CT molecular complexity index is 397. The van der Waals surface area contributed by atoms with Crippen LogP contribution in [0.1, 0.15) is 36.7 Å². The predicted molar refractivity (Wildman–Crippen MR) is 74.5 cm³/mol. The normalized spacial score (nSPS) is 10.7. The summed E-state index contributed by atoms with van der Waals surface area (Å²) in [5.74, 6) is 0.825. The Kier molecular flexibility index (Phi) is 5.86. The van der Waals surface area contributed by atoms with Gasteiger partial charge in [0.1, 0.15) is 5.75 Å². The van der Waals surface area contributed by atoms with Crippen LogP contribution in [0.15, 0.2) is 18.2 Å². The molecule has 1 aromatic carbocycles. The summed E-state index contributed by atoms with van der Waals surface area (Å²) in [5, 5.41) is 0. The number of ether oxygens (including phenoxy) is 1. The number of benzene rings is 1. The third-order valence-electron chi connectivity index (χ3n) is 3.00. The van der Waals surface area contributed by atoms with Gasteiger partial charge in [-0.3, -0.25) is 9.69 Å². The Labute approximate surface area is 110 Å². The summed E-state index contributed by atoms with van der Waals surface area (Å²) >= 11 is 0. The highest BCUT2D eigenvalue weighted by atomic mass is 16.5. The third-order valence-corrected chi connectivity index (χ3v) is 3.00. The molecule has 0 radical (unpaired) electrons. The molecule has 0 bridgehead atoms. The van der Waals surface area contributed by atoms with Crippen molar-refractivity contribution in [1.82, 2.24) is 4.90 Å². The molecule has 1 aromatic rings. The van der Waals surface area contributed by atoms with E-state index in [2.05, 4.69) is 18.7 Å². The molecule has 0 aliphatic heterocycles. The number of rotatable bonds is 7. The van der Waals surface area contributed by atoms with Crippen LogP contribution in [0.25, 0.3) is 0 Å². The van der Waals surface area contributed by atoms with E-state index in [-0.39, 0.29) is 5.78 Å². The molecular formula is C15H23NO2. The first kappa shape index (κ1) is 14.7. The summed E-state index contributed by atoms with van der Waals surface area (Å²) in [6.07, 6.45) is 0. The molecule has 0 aromatic heterocycles. The number of Topliss-reactive ketones (excluding diaryl/α,β-unsaturated/α-hetero) is 1. The van der Waals surface area contributed by atoms with Crippen LogP contribution in [-0.2, 0) is 0 Å². The molecule has 3 heteroatoms. The highest BCUT2D eigenvalue weighted by molar-refractivity contribution is 6.00. The minimum Gasteiger partial charge on any atom is -0.493 e. The molecule has 0 unspecified atom stereocenters. The van der Waals surface area contributed by atoms with Crippen molar-refractivity contribution in [2.24, 2.45) is 0 Å². The van der Waals surface area contributed by atoms with Crippen molar-refractivity contribution >= 4 is 5.78 Å². The zero-order valence-corrected chi connectivity index (χ0v) is 11.8. The molecule has 0 heterocycles. The molecule has 0 saturated heterocycles. The molecule has 3 nitrogen and oxygen atoms in total. The summed E-state index contributed by atoms with van der Waals surface area (Å²) in [6, 6.07) is 5.77. The van der Waals surface area contributed by atoms with Crippen LogP contribution < -0.4 is 4.74 Å². The Morgan fingerprint density at radius 3 is 2.44 bits per heavy atom. The van der Waals surface area contributed by atoms with Gasteiger partial charge in [0.25, 0.3) is 0 Å². The molecule has 0 amide bonds. The Morgan fingerprint density at radius 2 is 1.89 bits per heavy atom. The quantitative estimate of drug-likeness (QED) is 0.696. The lowest BCUT2D eigenvalue weighted by Crippen LogP contribution is -2.29. The van der Waals surface area contributed by atoms with Crippen LogP contribution in [0.5, 0.6) is 5.75 Å². The van der Waals surface area contributed by atoms with Gasteiger partial charge in [-0.1, -0.05) is 25.5 Å². The molecule has 0 fully saturated rings. The lowest BCUT2D eigenvalue weighted by atomic mass is 10.1. The zero-order chi connectivity index (χ0) is 13.5. The van der Waals surface area contributed by atoms with Gasteiger partial charge in [0, 0.05) is 0 Å². The van der Waals surface area contributed by atoms with Gasteiger partial charge >= 0.3 is 0 Å². The van der Waals surface area contributed by atoms with E-state index in [0.29, 0.717) is 24.5 Å². The van der Waals surface area contributed by atoms with Crippen LogP contribution in [-0.4, -0.2) is 36.9 Å². The molecule has 100 valence electrons. The monoisotopic (exact) mass is 249 g/mol. The molecule has 0 atom stereocenters. The van der Waals surface area contributed by atoms with Crippen LogP contribution in [0.3, 0.4) is 0 Å². The molecule has 18 heavy (non-hydrogen) atoms. The summed E-state index contributed by atoms with van der Waals surface area (Å²) in [7, 11) is 0. The molecule has 0 aliphatic rings. The largest absolute Gasteiger partial charge is 0.493 e. The molecule has 1 rings (SSSR count). The second kappa shape index (κ2) is 7.17. The van der Waals surface area contributed by atoms with Gasteiger partial charge in [-0.15, -0.1) is 0 Å². The van der Waals surface area contributed by atoms with Crippen LogP contribution in [0.2, 0.25) is 0 Å². The SMILES string of the molecule is CCOc1ccc(C)cc1C(=O)CN(CC)CC. The fourth-order valence-electron chi connectivity index (χ4n) is 1.88. The highest BCUT2D eigenvalue weighted by Gasteiger charge is 2.15. The Hall–Kier alpha value is -1.35. The summed E-state index contributed by atoms with van der Waals surface area (Å²) < 4.78 is 5.52. The van der Waals surface area contributed by atoms with E-state index in [1.807, 2.05) is 32.0 Å². The second-order valence-electron chi connectivity index (χ2n) is 4.32. The first-order chi connectivity index (χ1) is 8.62. The third kappa shape index (κ3) is 3.84. The van der Waals surface area contributed by atoms with Gasteiger partial charge in [0.05, 0.1) is 18.7 Å². The molecule has 0 aliphatic carbocycles. The van der Waals surface area contributed by atoms with Crippen LogP contribution in [0, 0.1) is 6.92 Å². The van der Waals surface area contributed by atoms with Crippen molar-refractivity contribution < 1.29 is 9.53 Å².